The van der Waals surface area contributed by atoms with Crippen LogP contribution in [0.15, 0.2) is 12.2 Å². The molecule has 0 aliphatic heterocycles. The van der Waals surface area contributed by atoms with E-state index in [-0.39, 0.29) is 18.4 Å². The fourth-order valence-electron chi connectivity index (χ4n) is 2.67. The number of hydrogen-bond donors (Lipinski definition) is 0. The minimum Gasteiger partial charge on any atom is -0.550 e. The number of ether oxygens (including phenoxy) is 1. The van der Waals surface area contributed by atoms with Crippen LogP contribution in [0.3, 0.4) is 0 Å². The van der Waals surface area contributed by atoms with Gasteiger partial charge in [-0.15, -0.1) is 6.42 Å². The molecule has 0 amide bonds. The first-order valence-corrected chi connectivity index (χ1v) is 5.14. The van der Waals surface area contributed by atoms with Crippen molar-refractivity contribution in [3.8, 4) is 12.3 Å². The molecule has 2 aliphatic carbocycles. The molecule has 0 heterocycles. The first-order chi connectivity index (χ1) is 7.65. The summed E-state index contributed by atoms with van der Waals surface area (Å²) in [5.41, 5.74) is 0. The Morgan fingerprint density at radius 2 is 2.00 bits per heavy atom. The summed E-state index contributed by atoms with van der Waals surface area (Å²) < 4.78 is 4.81. The van der Waals surface area contributed by atoms with Gasteiger partial charge in [0.25, 0.3) is 0 Å². The van der Waals surface area contributed by atoms with Crippen LogP contribution in [0.4, 0.5) is 0 Å². The van der Waals surface area contributed by atoms with Crippen LogP contribution < -0.4 is 5.11 Å². The Balaban J connectivity index is 2.14. The monoisotopic (exact) mass is 219 g/mol. The summed E-state index contributed by atoms with van der Waals surface area (Å²) in [5, 5.41) is 11.0. The van der Waals surface area contributed by atoms with E-state index in [0.29, 0.717) is 6.42 Å². The van der Waals surface area contributed by atoms with Crippen LogP contribution in [0.25, 0.3) is 0 Å². The molecule has 0 radical (unpaired) electrons. The fourth-order valence-corrected chi connectivity index (χ4v) is 2.67. The van der Waals surface area contributed by atoms with Gasteiger partial charge in [-0.05, 0) is 18.3 Å². The van der Waals surface area contributed by atoms with Crippen LogP contribution in [-0.4, -0.2) is 18.5 Å². The van der Waals surface area contributed by atoms with E-state index in [1.54, 1.807) is 0 Å². The molecule has 0 aromatic rings. The van der Waals surface area contributed by atoms with Gasteiger partial charge in [0.2, 0.25) is 0 Å². The van der Waals surface area contributed by atoms with Crippen molar-refractivity contribution in [3.05, 3.63) is 12.2 Å². The maximum Gasteiger partial charge on any atom is 0.311 e. The van der Waals surface area contributed by atoms with Crippen molar-refractivity contribution in [2.75, 3.05) is 6.61 Å². The zero-order valence-corrected chi connectivity index (χ0v) is 8.59. The van der Waals surface area contributed by atoms with Gasteiger partial charge in [-0.3, -0.25) is 4.79 Å². The topological polar surface area (TPSA) is 66.4 Å². The second-order valence-electron chi connectivity index (χ2n) is 4.13. The number of fused-ring (bicyclic) bond motifs is 2. The molecule has 0 aromatic carbocycles. The van der Waals surface area contributed by atoms with E-state index in [9.17, 15) is 14.7 Å². The molecule has 0 saturated heterocycles. The highest BCUT2D eigenvalue weighted by Crippen LogP contribution is 2.48. The van der Waals surface area contributed by atoms with Crippen LogP contribution >= 0.6 is 0 Å². The van der Waals surface area contributed by atoms with Crippen molar-refractivity contribution in [2.24, 2.45) is 23.7 Å². The van der Waals surface area contributed by atoms with Gasteiger partial charge < -0.3 is 14.6 Å². The standard InChI is InChI=1S/C12H12O4/c1-2-5-16-12(15)10-8-4-3-7(6-8)9(10)11(13)14/h1,3-4,7-10H,5-6H2,(H,13,14)/p-1/t7-,8+,9-,10+/m1/s1. The first kappa shape index (κ1) is 10.7. The van der Waals surface area contributed by atoms with Crippen LogP contribution in [0.5, 0.6) is 0 Å². The quantitative estimate of drug-likeness (QED) is 0.359. The molecule has 16 heavy (non-hydrogen) atoms. The van der Waals surface area contributed by atoms with Gasteiger partial charge in [0.1, 0.15) is 0 Å². The SMILES string of the molecule is C#CCOC(=O)[C@@H]1[C@H](C(=O)[O-])[C@@H]2C=C[C@H]1C2. The molecule has 4 heteroatoms. The third-order valence-corrected chi connectivity index (χ3v) is 3.30. The van der Waals surface area contributed by atoms with Gasteiger partial charge in [0.15, 0.2) is 6.61 Å². The number of carboxylic acid groups (broad SMARTS) is 1. The van der Waals surface area contributed by atoms with Crippen molar-refractivity contribution < 1.29 is 19.4 Å². The van der Waals surface area contributed by atoms with Gasteiger partial charge in [-0.2, -0.15) is 0 Å². The maximum absolute atomic E-state index is 11.7. The summed E-state index contributed by atoms with van der Waals surface area (Å²) in [6, 6.07) is 0. The third-order valence-electron chi connectivity index (χ3n) is 3.30. The molecule has 2 bridgehead atoms. The number of aliphatic carboxylic acids is 1. The minimum absolute atomic E-state index is 0.0434. The van der Waals surface area contributed by atoms with Crippen LogP contribution in [0, 0.1) is 36.0 Å². The molecule has 84 valence electrons. The lowest BCUT2D eigenvalue weighted by molar-refractivity contribution is -0.314. The smallest absolute Gasteiger partial charge is 0.311 e. The second-order valence-corrected chi connectivity index (χ2v) is 4.13. The zero-order valence-electron chi connectivity index (χ0n) is 8.59. The molecule has 4 atom stereocenters. The molecule has 4 nitrogen and oxygen atoms in total. The molecule has 0 aromatic heterocycles. The second kappa shape index (κ2) is 4.01. The molecular formula is C12H11O4-. The van der Waals surface area contributed by atoms with E-state index in [1.807, 2.05) is 12.2 Å². The van der Waals surface area contributed by atoms with Gasteiger partial charge in [0, 0.05) is 11.9 Å². The number of carbonyl (C=O) groups is 2. The summed E-state index contributed by atoms with van der Waals surface area (Å²) in [4.78, 5) is 22.7. The van der Waals surface area contributed by atoms with E-state index in [2.05, 4.69) is 5.92 Å². The number of carbonyl (C=O) groups excluding carboxylic acids is 2. The highest BCUT2D eigenvalue weighted by Gasteiger charge is 2.49. The zero-order chi connectivity index (χ0) is 11.7. The molecule has 0 unspecified atom stereocenters. The van der Waals surface area contributed by atoms with E-state index in [4.69, 9.17) is 11.2 Å². The van der Waals surface area contributed by atoms with Gasteiger partial charge >= 0.3 is 5.97 Å². The summed E-state index contributed by atoms with van der Waals surface area (Å²) >= 11 is 0. The lowest BCUT2D eigenvalue weighted by Crippen LogP contribution is -2.41. The Hall–Kier alpha value is -1.76. The third kappa shape index (κ3) is 1.58. The van der Waals surface area contributed by atoms with Crippen LogP contribution in [0.1, 0.15) is 6.42 Å². The van der Waals surface area contributed by atoms with E-state index in [0.717, 1.165) is 0 Å². The largest absolute Gasteiger partial charge is 0.550 e. The number of rotatable bonds is 3. The van der Waals surface area contributed by atoms with E-state index >= 15 is 0 Å². The molecule has 2 aliphatic rings. The number of allylic oxidation sites excluding steroid dienone is 2. The summed E-state index contributed by atoms with van der Waals surface area (Å²) in [6.45, 7) is -0.115. The Morgan fingerprint density at radius 3 is 2.56 bits per heavy atom. The van der Waals surface area contributed by atoms with Crippen LogP contribution in [0.2, 0.25) is 0 Å². The highest BCUT2D eigenvalue weighted by atomic mass is 16.5. The Morgan fingerprint density at radius 1 is 1.38 bits per heavy atom. The number of hydrogen-bond acceptors (Lipinski definition) is 4. The van der Waals surface area contributed by atoms with Gasteiger partial charge in [-0.1, -0.05) is 18.1 Å². The van der Waals surface area contributed by atoms with Crippen molar-refractivity contribution in [1.82, 2.24) is 0 Å². The Bertz CT molecular complexity index is 390. The van der Waals surface area contributed by atoms with Crippen molar-refractivity contribution in [2.45, 2.75) is 6.42 Å². The average molecular weight is 219 g/mol. The fraction of sp³-hybridized carbons (Fsp3) is 0.500. The summed E-state index contributed by atoms with van der Waals surface area (Å²) in [7, 11) is 0. The predicted molar refractivity (Wildman–Crippen MR) is 52.5 cm³/mol. The van der Waals surface area contributed by atoms with Gasteiger partial charge in [0.05, 0.1) is 5.92 Å². The number of carboxylic acids is 1. The van der Waals surface area contributed by atoms with Crippen molar-refractivity contribution in [3.63, 3.8) is 0 Å². The highest BCUT2D eigenvalue weighted by molar-refractivity contribution is 5.82. The Labute approximate surface area is 93.3 Å². The van der Waals surface area contributed by atoms with Crippen molar-refractivity contribution in [1.29, 1.82) is 0 Å². The molecule has 0 N–H and O–H groups in total. The normalized spacial score (nSPS) is 34.7. The molecule has 0 spiro atoms. The van der Waals surface area contributed by atoms with Crippen molar-refractivity contribution >= 4 is 11.9 Å². The lowest BCUT2D eigenvalue weighted by atomic mass is 9.83. The van der Waals surface area contributed by atoms with E-state index in [1.165, 1.54) is 0 Å². The minimum atomic E-state index is -1.18. The maximum atomic E-state index is 11.7. The number of terminal acetylenes is 1. The Kier molecular flexibility index (Phi) is 2.69. The first-order valence-electron chi connectivity index (χ1n) is 5.14. The van der Waals surface area contributed by atoms with Crippen LogP contribution in [-0.2, 0) is 14.3 Å². The molecule has 1 fully saturated rings. The predicted octanol–water partition coefficient (Wildman–Crippen LogP) is -0.649. The summed E-state index contributed by atoms with van der Waals surface area (Å²) in [6.07, 6.45) is 9.39. The van der Waals surface area contributed by atoms with Gasteiger partial charge in [-0.25, -0.2) is 0 Å². The molecule has 2 rings (SSSR count). The lowest BCUT2D eigenvalue weighted by Gasteiger charge is -2.26. The van der Waals surface area contributed by atoms with E-state index < -0.39 is 23.8 Å². The number of esters is 1. The average Bonchev–Trinajstić information content (AvgIpc) is 2.84. The molecule has 1 saturated carbocycles. The molecular weight excluding hydrogens is 208 g/mol. The summed E-state index contributed by atoms with van der Waals surface area (Å²) in [5.74, 6) is -1.06.